The number of hydrogen-bond acceptors (Lipinski definition) is 3. The van der Waals surface area contributed by atoms with Crippen LogP contribution in [0.3, 0.4) is 0 Å². The number of halogens is 1. The summed E-state index contributed by atoms with van der Waals surface area (Å²) in [4.78, 5) is 0.199. The number of ether oxygens (including phenoxy) is 1. The van der Waals surface area contributed by atoms with Gasteiger partial charge in [0.15, 0.2) is 0 Å². The van der Waals surface area contributed by atoms with Crippen LogP contribution in [-0.4, -0.2) is 21.6 Å². The number of benzene rings is 2. The summed E-state index contributed by atoms with van der Waals surface area (Å²) < 4.78 is 32.3. The Morgan fingerprint density at radius 1 is 1.14 bits per heavy atom. The number of nitrogens with one attached hydrogen (secondary N) is 1. The minimum atomic E-state index is -3.55. The van der Waals surface area contributed by atoms with Crippen molar-refractivity contribution in [2.45, 2.75) is 18.7 Å². The summed E-state index contributed by atoms with van der Waals surface area (Å²) >= 11 is 5.90. The number of hydrogen-bond donors (Lipinski definition) is 1. The quantitative estimate of drug-likeness (QED) is 0.821. The van der Waals surface area contributed by atoms with E-state index in [4.69, 9.17) is 16.3 Å². The Hall–Kier alpha value is -1.56. The average Bonchev–Trinajstić information content (AvgIpc) is 2.46. The zero-order valence-electron chi connectivity index (χ0n) is 12.5. The third kappa shape index (κ3) is 4.47. The molecule has 0 radical (unpaired) electrons. The van der Waals surface area contributed by atoms with Crippen LogP contribution in [0, 0.1) is 13.8 Å². The molecule has 0 saturated carbocycles. The van der Waals surface area contributed by atoms with E-state index in [1.807, 2.05) is 31.2 Å². The molecule has 0 bridgehead atoms. The van der Waals surface area contributed by atoms with Crippen LogP contribution >= 0.6 is 11.6 Å². The molecule has 0 aromatic heterocycles. The highest BCUT2D eigenvalue weighted by molar-refractivity contribution is 7.89. The molecule has 0 unspecified atom stereocenters. The van der Waals surface area contributed by atoms with Gasteiger partial charge in [-0.05, 0) is 55.3 Å². The van der Waals surface area contributed by atoms with Gasteiger partial charge in [0.2, 0.25) is 10.0 Å². The number of aryl methyl sites for hydroxylation is 2. The van der Waals surface area contributed by atoms with Crippen molar-refractivity contribution in [3.05, 3.63) is 58.6 Å². The van der Waals surface area contributed by atoms with E-state index in [2.05, 4.69) is 4.72 Å². The second-order valence-electron chi connectivity index (χ2n) is 4.97. The van der Waals surface area contributed by atoms with Crippen LogP contribution in [0.4, 0.5) is 0 Å². The van der Waals surface area contributed by atoms with E-state index < -0.39 is 10.0 Å². The Morgan fingerprint density at radius 2 is 1.91 bits per heavy atom. The molecule has 0 spiro atoms. The summed E-state index contributed by atoms with van der Waals surface area (Å²) in [5, 5.41) is 0.543. The number of sulfonamides is 1. The standard InChI is InChI=1S/C16H18ClNO3S/c1-12-4-3-5-14(10-12)21-9-8-18-22(19,20)15-6-7-16(17)13(2)11-15/h3-7,10-11,18H,8-9H2,1-2H3. The molecule has 118 valence electrons. The zero-order valence-corrected chi connectivity index (χ0v) is 14.0. The molecule has 4 nitrogen and oxygen atoms in total. The predicted molar refractivity (Wildman–Crippen MR) is 88.1 cm³/mol. The van der Waals surface area contributed by atoms with E-state index in [0.29, 0.717) is 5.02 Å². The molecule has 0 aliphatic carbocycles. The minimum absolute atomic E-state index is 0.192. The van der Waals surface area contributed by atoms with Crippen LogP contribution in [0.2, 0.25) is 5.02 Å². The SMILES string of the molecule is Cc1cccc(OCCNS(=O)(=O)c2ccc(Cl)c(C)c2)c1. The molecule has 0 aliphatic heterocycles. The summed E-state index contributed by atoms with van der Waals surface area (Å²) in [6, 6.07) is 12.2. The summed E-state index contributed by atoms with van der Waals surface area (Å²) in [5.74, 6) is 0.724. The molecule has 0 saturated heterocycles. The lowest BCUT2D eigenvalue weighted by atomic mass is 10.2. The molecule has 0 aliphatic rings. The second kappa shape index (κ2) is 7.13. The van der Waals surface area contributed by atoms with Crippen LogP contribution in [0.15, 0.2) is 47.4 Å². The second-order valence-corrected chi connectivity index (χ2v) is 7.15. The van der Waals surface area contributed by atoms with Crippen LogP contribution in [0.1, 0.15) is 11.1 Å². The summed E-state index contributed by atoms with van der Waals surface area (Å²) in [6.45, 7) is 4.19. The maximum Gasteiger partial charge on any atom is 0.240 e. The lowest BCUT2D eigenvalue weighted by molar-refractivity contribution is 0.322. The fourth-order valence-electron chi connectivity index (χ4n) is 1.92. The Labute approximate surface area is 136 Å². The predicted octanol–water partition coefficient (Wildman–Crippen LogP) is 3.31. The van der Waals surface area contributed by atoms with Crippen molar-refractivity contribution in [2.24, 2.45) is 0 Å². The van der Waals surface area contributed by atoms with Crippen LogP contribution < -0.4 is 9.46 Å². The molecule has 2 rings (SSSR count). The molecule has 0 fully saturated rings. The van der Waals surface area contributed by atoms with Gasteiger partial charge >= 0.3 is 0 Å². The molecule has 0 heterocycles. The fourth-order valence-corrected chi connectivity index (χ4v) is 3.13. The van der Waals surface area contributed by atoms with Gasteiger partial charge in [0.25, 0.3) is 0 Å². The Morgan fingerprint density at radius 3 is 2.59 bits per heavy atom. The highest BCUT2D eigenvalue weighted by Gasteiger charge is 2.14. The minimum Gasteiger partial charge on any atom is -0.492 e. The molecular weight excluding hydrogens is 322 g/mol. The van der Waals surface area contributed by atoms with Crippen molar-refractivity contribution in [3.8, 4) is 5.75 Å². The molecule has 6 heteroatoms. The van der Waals surface area contributed by atoms with Crippen molar-refractivity contribution in [3.63, 3.8) is 0 Å². The molecular formula is C16H18ClNO3S. The van der Waals surface area contributed by atoms with Crippen LogP contribution in [0.5, 0.6) is 5.75 Å². The van der Waals surface area contributed by atoms with E-state index in [0.717, 1.165) is 16.9 Å². The normalized spacial score (nSPS) is 11.4. The summed E-state index contributed by atoms with van der Waals surface area (Å²) in [7, 11) is -3.55. The van der Waals surface area contributed by atoms with E-state index in [1.165, 1.54) is 6.07 Å². The van der Waals surface area contributed by atoms with Gasteiger partial charge in [-0.15, -0.1) is 0 Å². The molecule has 2 aromatic rings. The van der Waals surface area contributed by atoms with Gasteiger partial charge in [0.05, 0.1) is 4.90 Å². The maximum atomic E-state index is 12.2. The number of rotatable bonds is 6. The van der Waals surface area contributed by atoms with Crippen molar-refractivity contribution in [1.82, 2.24) is 4.72 Å². The van der Waals surface area contributed by atoms with E-state index in [1.54, 1.807) is 19.1 Å². The van der Waals surface area contributed by atoms with Crippen molar-refractivity contribution >= 4 is 21.6 Å². The third-order valence-corrected chi connectivity index (χ3v) is 4.97. The molecule has 2 aromatic carbocycles. The summed E-state index contributed by atoms with van der Waals surface area (Å²) in [5.41, 5.74) is 1.82. The van der Waals surface area contributed by atoms with E-state index in [-0.39, 0.29) is 18.0 Å². The first-order valence-corrected chi connectivity index (χ1v) is 8.70. The smallest absolute Gasteiger partial charge is 0.240 e. The van der Waals surface area contributed by atoms with Gasteiger partial charge in [0.1, 0.15) is 12.4 Å². The molecule has 0 atom stereocenters. The molecule has 0 amide bonds. The van der Waals surface area contributed by atoms with Crippen LogP contribution in [0.25, 0.3) is 0 Å². The average molecular weight is 340 g/mol. The highest BCUT2D eigenvalue weighted by Crippen LogP contribution is 2.19. The topological polar surface area (TPSA) is 55.4 Å². The van der Waals surface area contributed by atoms with Gasteiger partial charge < -0.3 is 4.74 Å². The fraction of sp³-hybridized carbons (Fsp3) is 0.250. The van der Waals surface area contributed by atoms with E-state index in [9.17, 15) is 8.42 Å². The Bertz CT molecular complexity index is 760. The lowest BCUT2D eigenvalue weighted by Crippen LogP contribution is -2.28. The van der Waals surface area contributed by atoms with Crippen molar-refractivity contribution in [2.75, 3.05) is 13.2 Å². The summed E-state index contributed by atoms with van der Waals surface area (Å²) in [6.07, 6.45) is 0. The van der Waals surface area contributed by atoms with Crippen LogP contribution in [-0.2, 0) is 10.0 Å². The third-order valence-electron chi connectivity index (χ3n) is 3.09. The Balaban J connectivity index is 1.91. The zero-order chi connectivity index (χ0) is 16.2. The van der Waals surface area contributed by atoms with Gasteiger partial charge in [-0.25, -0.2) is 13.1 Å². The maximum absolute atomic E-state index is 12.2. The Kier molecular flexibility index (Phi) is 5.45. The van der Waals surface area contributed by atoms with Gasteiger partial charge in [-0.2, -0.15) is 0 Å². The monoisotopic (exact) mass is 339 g/mol. The van der Waals surface area contributed by atoms with E-state index >= 15 is 0 Å². The first-order chi connectivity index (χ1) is 10.4. The van der Waals surface area contributed by atoms with Crippen molar-refractivity contribution < 1.29 is 13.2 Å². The first-order valence-electron chi connectivity index (χ1n) is 6.84. The lowest BCUT2D eigenvalue weighted by Gasteiger charge is -2.10. The largest absolute Gasteiger partial charge is 0.492 e. The highest BCUT2D eigenvalue weighted by atomic mass is 35.5. The first kappa shape index (κ1) is 16.8. The molecule has 1 N–H and O–H groups in total. The van der Waals surface area contributed by atoms with Crippen molar-refractivity contribution in [1.29, 1.82) is 0 Å². The van der Waals surface area contributed by atoms with Gasteiger partial charge in [-0.3, -0.25) is 0 Å². The van der Waals surface area contributed by atoms with Gasteiger partial charge in [0, 0.05) is 11.6 Å². The van der Waals surface area contributed by atoms with Gasteiger partial charge in [-0.1, -0.05) is 23.7 Å². The molecule has 22 heavy (non-hydrogen) atoms.